The minimum Gasteiger partial charge on any atom is -0.480 e. The third-order valence-corrected chi connectivity index (χ3v) is 4.94. The summed E-state index contributed by atoms with van der Waals surface area (Å²) in [4.78, 5) is 39.5. The molecular formula is C30H44N2O10. The minimum absolute atomic E-state index is 0.0115. The van der Waals surface area contributed by atoms with Crippen LogP contribution in [0.25, 0.3) is 0 Å². The van der Waals surface area contributed by atoms with Gasteiger partial charge >= 0.3 is 18.2 Å². The van der Waals surface area contributed by atoms with E-state index < -0.39 is 48.1 Å². The fraction of sp³-hybridized carbons (Fsp3) is 0.500. The molecule has 0 unspecified atom stereocenters. The van der Waals surface area contributed by atoms with Gasteiger partial charge in [-0.3, -0.25) is 4.79 Å². The zero-order valence-corrected chi connectivity index (χ0v) is 25.1. The summed E-state index contributed by atoms with van der Waals surface area (Å²) < 4.78 is 15.6. The van der Waals surface area contributed by atoms with Crippen molar-refractivity contribution >= 4 is 18.2 Å². The maximum Gasteiger partial charge on any atom is 0.528 e. The molecule has 0 bridgehead atoms. The smallest absolute Gasteiger partial charge is 0.480 e. The molecule has 0 aliphatic rings. The Morgan fingerprint density at radius 3 is 1.79 bits per heavy atom. The van der Waals surface area contributed by atoms with Gasteiger partial charge in [0.2, 0.25) is 0 Å². The number of carboxylic acids is 1. The Morgan fingerprint density at radius 1 is 0.810 bits per heavy atom. The number of nitrogens with zero attached hydrogens (tertiary/aromatic N) is 1. The van der Waals surface area contributed by atoms with E-state index in [0.29, 0.717) is 6.61 Å². The molecule has 12 heteroatoms. The van der Waals surface area contributed by atoms with E-state index in [4.69, 9.17) is 24.2 Å². The van der Waals surface area contributed by atoms with Crippen LogP contribution in [0.1, 0.15) is 52.7 Å². The third-order valence-electron chi connectivity index (χ3n) is 4.94. The quantitative estimate of drug-likeness (QED) is 0.209. The van der Waals surface area contributed by atoms with Gasteiger partial charge in [0, 0.05) is 0 Å². The number of nitrogens with one attached hydrogen (secondary N) is 1. The number of hydroxylamine groups is 2. The largest absolute Gasteiger partial charge is 0.528 e. The zero-order chi connectivity index (χ0) is 31.8. The predicted octanol–water partition coefficient (Wildman–Crippen LogP) is 3.89. The topological polar surface area (TPSA) is 164 Å². The van der Waals surface area contributed by atoms with E-state index in [-0.39, 0.29) is 19.8 Å². The molecule has 42 heavy (non-hydrogen) atoms. The second kappa shape index (κ2) is 18.0. The molecule has 2 aromatic rings. The summed E-state index contributed by atoms with van der Waals surface area (Å²) in [6.45, 7) is 10.1. The highest BCUT2D eigenvalue weighted by molar-refractivity contribution is 5.73. The number of carbonyl (C=O) groups is 3. The Balaban J connectivity index is 0.000000422. The lowest BCUT2D eigenvalue weighted by Crippen LogP contribution is -2.45. The van der Waals surface area contributed by atoms with Gasteiger partial charge in [-0.2, -0.15) is 0 Å². The van der Waals surface area contributed by atoms with Crippen LogP contribution in [0.15, 0.2) is 60.7 Å². The molecule has 0 radical (unpaired) electrons. The monoisotopic (exact) mass is 592 g/mol. The average Bonchev–Trinajstić information content (AvgIpc) is 2.87. The second-order valence-electron chi connectivity index (χ2n) is 11.2. The van der Waals surface area contributed by atoms with E-state index in [1.54, 1.807) is 65.8 Å². The van der Waals surface area contributed by atoms with Gasteiger partial charge in [0.25, 0.3) is 0 Å². The van der Waals surface area contributed by atoms with E-state index in [9.17, 15) is 24.6 Å². The maximum absolute atomic E-state index is 11.7. The molecule has 0 heterocycles. The lowest BCUT2D eigenvalue weighted by atomic mass is 10.2. The molecule has 1 amide bonds. The van der Waals surface area contributed by atoms with Gasteiger partial charge in [-0.1, -0.05) is 60.7 Å². The molecule has 0 saturated carbocycles. The molecule has 0 saturated heterocycles. The number of aliphatic hydroxyl groups is 2. The van der Waals surface area contributed by atoms with Crippen molar-refractivity contribution < 1.29 is 48.8 Å². The number of ether oxygens (including phenoxy) is 3. The molecule has 12 nitrogen and oxygen atoms in total. The van der Waals surface area contributed by atoms with Crippen LogP contribution in [0.2, 0.25) is 0 Å². The zero-order valence-electron chi connectivity index (χ0n) is 25.1. The minimum atomic E-state index is -1.38. The Morgan fingerprint density at radius 2 is 1.33 bits per heavy atom. The summed E-state index contributed by atoms with van der Waals surface area (Å²) in [5, 5.41) is 31.1. The number of carbonyl (C=O) groups excluding carboxylic acids is 2. The van der Waals surface area contributed by atoms with E-state index >= 15 is 0 Å². The summed E-state index contributed by atoms with van der Waals surface area (Å²) in [7, 11) is 0. The molecule has 0 aliphatic heterocycles. The highest BCUT2D eigenvalue weighted by Crippen LogP contribution is 2.14. The third kappa shape index (κ3) is 16.5. The molecule has 0 aromatic heterocycles. The summed E-state index contributed by atoms with van der Waals surface area (Å²) in [5.41, 5.74) is 0.440. The van der Waals surface area contributed by atoms with Crippen molar-refractivity contribution in [3.8, 4) is 0 Å². The molecule has 0 fully saturated rings. The van der Waals surface area contributed by atoms with E-state index in [2.05, 4.69) is 5.32 Å². The summed E-state index contributed by atoms with van der Waals surface area (Å²) in [6.07, 6.45) is -1.58. The molecule has 4 N–H and O–H groups in total. The van der Waals surface area contributed by atoms with Crippen LogP contribution in [-0.4, -0.2) is 81.7 Å². The van der Waals surface area contributed by atoms with Crippen LogP contribution >= 0.6 is 0 Å². The fourth-order valence-electron chi connectivity index (χ4n) is 3.13. The Labute approximate surface area is 247 Å². The molecule has 2 atom stereocenters. The van der Waals surface area contributed by atoms with Crippen LogP contribution in [-0.2, 0) is 37.0 Å². The summed E-state index contributed by atoms with van der Waals surface area (Å²) >= 11 is 0. The number of amides is 1. The van der Waals surface area contributed by atoms with Crippen LogP contribution in [0, 0.1) is 0 Å². The van der Waals surface area contributed by atoms with Crippen molar-refractivity contribution in [3.05, 3.63) is 71.8 Å². The molecule has 2 aromatic carbocycles. The highest BCUT2D eigenvalue weighted by Gasteiger charge is 2.30. The molecule has 0 spiro atoms. The second-order valence-corrected chi connectivity index (χ2v) is 11.2. The van der Waals surface area contributed by atoms with Gasteiger partial charge in [-0.05, 0) is 52.7 Å². The normalized spacial score (nSPS) is 12.8. The van der Waals surface area contributed by atoms with Gasteiger partial charge in [-0.25, -0.2) is 9.59 Å². The first kappa shape index (κ1) is 36.3. The van der Waals surface area contributed by atoms with Crippen LogP contribution < -0.4 is 5.32 Å². The number of alkyl carbamates (subject to hydrolysis) is 1. The van der Waals surface area contributed by atoms with Crippen molar-refractivity contribution in [1.29, 1.82) is 0 Å². The first-order valence-electron chi connectivity index (χ1n) is 13.4. The number of aliphatic hydroxyl groups excluding tert-OH is 2. The SMILES string of the molecule is CC(C)(C)OC(=O)N[C@@H](CO)COCc1ccccc1.CC(C)(C)OC(=O)ON(Cc1ccccc1)[C@@H](CO)C(=O)O. The summed E-state index contributed by atoms with van der Waals surface area (Å²) in [6, 6.07) is 16.7. The van der Waals surface area contributed by atoms with Gasteiger partial charge in [-0.15, -0.1) is 5.06 Å². The number of hydrogen-bond donors (Lipinski definition) is 4. The van der Waals surface area contributed by atoms with Crippen molar-refractivity contribution in [2.45, 2.75) is 78.0 Å². The van der Waals surface area contributed by atoms with Crippen LogP contribution in [0.5, 0.6) is 0 Å². The molecule has 2 rings (SSSR count). The Hall–Kier alpha value is -3.71. The Kier molecular flexibility index (Phi) is 15.5. The number of benzene rings is 2. The highest BCUT2D eigenvalue weighted by atomic mass is 16.8. The molecular weight excluding hydrogens is 548 g/mol. The number of hydrogen-bond acceptors (Lipinski definition) is 10. The molecule has 0 aliphatic carbocycles. The Bertz CT molecular complexity index is 1070. The molecule has 234 valence electrons. The first-order valence-corrected chi connectivity index (χ1v) is 13.4. The van der Waals surface area contributed by atoms with Crippen LogP contribution in [0.4, 0.5) is 9.59 Å². The predicted molar refractivity (Wildman–Crippen MR) is 154 cm³/mol. The van der Waals surface area contributed by atoms with Crippen molar-refractivity contribution in [2.75, 3.05) is 19.8 Å². The van der Waals surface area contributed by atoms with E-state index in [1.807, 2.05) is 36.4 Å². The van der Waals surface area contributed by atoms with Crippen molar-refractivity contribution in [1.82, 2.24) is 10.4 Å². The summed E-state index contributed by atoms with van der Waals surface area (Å²) in [5.74, 6) is -1.30. The standard InChI is InChI=1S/C15H21NO6.C15H23NO4/c1-15(2,3)21-14(20)22-16(12(10-17)13(18)19)9-11-7-5-4-6-8-11;1-15(2,3)20-14(18)16-13(9-17)11-19-10-12-7-5-4-6-8-12/h4-8,12,17H,9-10H2,1-3H3,(H,18,19);4-8,13,17H,9-11H2,1-3H3,(H,16,18)/t12-;13-/m00/s1. The fourth-order valence-corrected chi connectivity index (χ4v) is 3.13. The van der Waals surface area contributed by atoms with Gasteiger partial charge in [0.15, 0.2) is 6.04 Å². The number of rotatable bonds is 12. The lowest BCUT2D eigenvalue weighted by Gasteiger charge is -2.27. The number of carboxylic acid groups (broad SMARTS) is 1. The number of aliphatic carboxylic acids is 1. The van der Waals surface area contributed by atoms with Gasteiger partial charge < -0.3 is 39.7 Å². The van der Waals surface area contributed by atoms with Crippen molar-refractivity contribution in [2.24, 2.45) is 0 Å². The van der Waals surface area contributed by atoms with Gasteiger partial charge in [0.1, 0.15) is 11.2 Å². The van der Waals surface area contributed by atoms with Crippen LogP contribution in [0.3, 0.4) is 0 Å². The van der Waals surface area contributed by atoms with Crippen molar-refractivity contribution in [3.63, 3.8) is 0 Å². The van der Waals surface area contributed by atoms with E-state index in [1.165, 1.54) is 0 Å². The average molecular weight is 593 g/mol. The van der Waals surface area contributed by atoms with Gasteiger partial charge in [0.05, 0.1) is 39.0 Å². The maximum atomic E-state index is 11.7. The first-order chi connectivity index (χ1) is 19.6. The van der Waals surface area contributed by atoms with E-state index in [0.717, 1.165) is 16.2 Å². The lowest BCUT2D eigenvalue weighted by molar-refractivity contribution is -0.192.